The van der Waals surface area contributed by atoms with Crippen LogP contribution in [0.3, 0.4) is 0 Å². The largest absolute Gasteiger partial charge is 0.399 e. The molecule has 18 heavy (non-hydrogen) atoms. The van der Waals surface area contributed by atoms with E-state index in [-0.39, 0.29) is 5.91 Å². The highest BCUT2D eigenvalue weighted by Gasteiger charge is 2.23. The highest BCUT2D eigenvalue weighted by Crippen LogP contribution is 2.23. The summed E-state index contributed by atoms with van der Waals surface area (Å²) < 4.78 is 1.01. The number of benzene rings is 1. The molecule has 0 aromatic heterocycles. The van der Waals surface area contributed by atoms with Crippen LogP contribution in [0.15, 0.2) is 18.2 Å². The lowest BCUT2D eigenvalue weighted by atomic mass is 9.94. The van der Waals surface area contributed by atoms with Crippen molar-refractivity contribution in [1.29, 1.82) is 0 Å². The highest BCUT2D eigenvalue weighted by molar-refractivity contribution is 14.1. The minimum atomic E-state index is 0.0899. The van der Waals surface area contributed by atoms with E-state index in [2.05, 4.69) is 22.6 Å². The highest BCUT2D eigenvalue weighted by atomic mass is 127. The summed E-state index contributed by atoms with van der Waals surface area (Å²) in [5.41, 5.74) is 7.16. The Kier molecular flexibility index (Phi) is 4.48. The first-order chi connectivity index (χ1) is 8.58. The van der Waals surface area contributed by atoms with Crippen molar-refractivity contribution in [2.24, 2.45) is 0 Å². The molecule has 0 atom stereocenters. The number of halogens is 1. The number of carbonyl (C=O) groups is 1. The summed E-state index contributed by atoms with van der Waals surface area (Å²) in [7, 11) is 1.91. The van der Waals surface area contributed by atoms with Crippen LogP contribution in [0.2, 0.25) is 0 Å². The summed E-state index contributed by atoms with van der Waals surface area (Å²) in [5.74, 6) is 0.0899. The van der Waals surface area contributed by atoms with E-state index < -0.39 is 0 Å². The van der Waals surface area contributed by atoms with Gasteiger partial charge >= 0.3 is 0 Å². The summed E-state index contributed by atoms with van der Waals surface area (Å²) >= 11 is 2.19. The standard InChI is InChI=1S/C14H19IN2O/c1-17(13-5-3-2-4-6-13)14(18)10-7-11(15)9-12(16)8-10/h7-9,13H,2-6,16H2,1H3. The lowest BCUT2D eigenvalue weighted by Gasteiger charge is -2.31. The van der Waals surface area contributed by atoms with Crippen LogP contribution in [-0.4, -0.2) is 23.9 Å². The van der Waals surface area contributed by atoms with Crippen LogP contribution >= 0.6 is 22.6 Å². The number of nitrogens with two attached hydrogens (primary N) is 1. The number of nitrogen functional groups attached to an aromatic ring is 1. The van der Waals surface area contributed by atoms with Gasteiger partial charge in [-0.1, -0.05) is 19.3 Å². The molecule has 1 amide bonds. The van der Waals surface area contributed by atoms with Gasteiger partial charge in [0.15, 0.2) is 0 Å². The fourth-order valence-corrected chi connectivity index (χ4v) is 3.27. The number of hydrogen-bond donors (Lipinski definition) is 1. The van der Waals surface area contributed by atoms with E-state index in [0.717, 1.165) is 16.4 Å². The van der Waals surface area contributed by atoms with Gasteiger partial charge in [0, 0.05) is 27.9 Å². The van der Waals surface area contributed by atoms with E-state index in [1.54, 1.807) is 6.07 Å². The third-order valence-corrected chi connectivity index (χ3v) is 4.23. The lowest BCUT2D eigenvalue weighted by molar-refractivity contribution is 0.0696. The minimum absolute atomic E-state index is 0.0899. The molecule has 0 radical (unpaired) electrons. The zero-order valence-corrected chi connectivity index (χ0v) is 12.8. The van der Waals surface area contributed by atoms with Crippen LogP contribution < -0.4 is 5.73 Å². The Morgan fingerprint density at radius 2 is 1.94 bits per heavy atom. The molecule has 1 aromatic carbocycles. The van der Waals surface area contributed by atoms with Crippen molar-refractivity contribution in [1.82, 2.24) is 4.90 Å². The monoisotopic (exact) mass is 358 g/mol. The van der Waals surface area contributed by atoms with Gasteiger partial charge in [-0.05, 0) is 53.6 Å². The third-order valence-electron chi connectivity index (χ3n) is 3.61. The van der Waals surface area contributed by atoms with Crippen molar-refractivity contribution in [3.8, 4) is 0 Å². The van der Waals surface area contributed by atoms with E-state index in [0.29, 0.717) is 17.3 Å². The third kappa shape index (κ3) is 3.16. The molecule has 0 saturated heterocycles. The van der Waals surface area contributed by atoms with Gasteiger partial charge in [0.25, 0.3) is 5.91 Å². The molecular weight excluding hydrogens is 339 g/mol. The molecule has 0 unspecified atom stereocenters. The number of amides is 1. The second kappa shape index (κ2) is 5.91. The van der Waals surface area contributed by atoms with Crippen molar-refractivity contribution < 1.29 is 4.79 Å². The first kappa shape index (κ1) is 13.6. The van der Waals surface area contributed by atoms with Gasteiger partial charge in [0.05, 0.1) is 0 Å². The number of rotatable bonds is 2. The number of hydrogen-bond acceptors (Lipinski definition) is 2. The van der Waals surface area contributed by atoms with Gasteiger partial charge in [-0.15, -0.1) is 0 Å². The summed E-state index contributed by atoms with van der Waals surface area (Å²) in [6.07, 6.45) is 6.02. The maximum Gasteiger partial charge on any atom is 0.253 e. The molecule has 3 nitrogen and oxygen atoms in total. The topological polar surface area (TPSA) is 46.3 Å². The zero-order valence-electron chi connectivity index (χ0n) is 10.7. The molecule has 0 heterocycles. The quantitative estimate of drug-likeness (QED) is 0.652. The van der Waals surface area contributed by atoms with E-state index >= 15 is 0 Å². The Balaban J connectivity index is 2.14. The molecule has 1 aromatic rings. The summed E-state index contributed by atoms with van der Waals surface area (Å²) in [5, 5.41) is 0. The first-order valence-corrected chi connectivity index (χ1v) is 7.49. The molecule has 0 aliphatic heterocycles. The first-order valence-electron chi connectivity index (χ1n) is 6.41. The molecule has 1 saturated carbocycles. The Morgan fingerprint density at radius 3 is 2.56 bits per heavy atom. The van der Waals surface area contributed by atoms with Crippen LogP contribution in [-0.2, 0) is 0 Å². The molecule has 98 valence electrons. The fraction of sp³-hybridized carbons (Fsp3) is 0.500. The van der Waals surface area contributed by atoms with Crippen LogP contribution in [0, 0.1) is 3.57 Å². The van der Waals surface area contributed by atoms with E-state index in [9.17, 15) is 4.79 Å². The molecule has 4 heteroatoms. The summed E-state index contributed by atoms with van der Waals surface area (Å²) in [4.78, 5) is 14.3. The van der Waals surface area contributed by atoms with Gasteiger partial charge in [-0.25, -0.2) is 0 Å². The van der Waals surface area contributed by atoms with E-state index in [4.69, 9.17) is 5.73 Å². The second-order valence-corrected chi connectivity index (χ2v) is 6.23. The predicted octanol–water partition coefficient (Wildman–Crippen LogP) is 3.28. The van der Waals surface area contributed by atoms with Gasteiger partial charge < -0.3 is 10.6 Å². The molecule has 1 aliphatic rings. The van der Waals surface area contributed by atoms with Crippen molar-refractivity contribution in [2.75, 3.05) is 12.8 Å². The van der Waals surface area contributed by atoms with Gasteiger partial charge in [0.2, 0.25) is 0 Å². The molecule has 0 spiro atoms. The smallest absolute Gasteiger partial charge is 0.253 e. The Hall–Kier alpha value is -0.780. The van der Waals surface area contributed by atoms with Crippen LogP contribution in [0.1, 0.15) is 42.5 Å². The maximum atomic E-state index is 12.4. The van der Waals surface area contributed by atoms with Crippen molar-refractivity contribution in [2.45, 2.75) is 38.1 Å². The predicted molar refractivity (Wildman–Crippen MR) is 82.5 cm³/mol. The number of anilines is 1. The van der Waals surface area contributed by atoms with Crippen LogP contribution in [0.4, 0.5) is 5.69 Å². The van der Waals surface area contributed by atoms with E-state index in [1.807, 2.05) is 24.1 Å². The van der Waals surface area contributed by atoms with Crippen molar-refractivity contribution in [3.05, 3.63) is 27.3 Å². The van der Waals surface area contributed by atoms with Crippen LogP contribution in [0.5, 0.6) is 0 Å². The molecule has 2 rings (SSSR count). The number of nitrogens with zero attached hydrogens (tertiary/aromatic N) is 1. The number of carbonyl (C=O) groups excluding carboxylic acids is 1. The Labute approximate surface area is 122 Å². The van der Waals surface area contributed by atoms with Crippen molar-refractivity contribution in [3.63, 3.8) is 0 Å². The molecule has 1 fully saturated rings. The molecular formula is C14H19IN2O. The second-order valence-electron chi connectivity index (χ2n) is 4.98. The maximum absolute atomic E-state index is 12.4. The molecule has 1 aliphatic carbocycles. The Morgan fingerprint density at radius 1 is 1.28 bits per heavy atom. The summed E-state index contributed by atoms with van der Waals surface area (Å²) in [6, 6.07) is 5.94. The average Bonchev–Trinajstić information content (AvgIpc) is 2.37. The van der Waals surface area contributed by atoms with Gasteiger partial charge in [-0.3, -0.25) is 4.79 Å². The van der Waals surface area contributed by atoms with Crippen molar-refractivity contribution >= 4 is 34.2 Å². The van der Waals surface area contributed by atoms with Gasteiger partial charge in [0.1, 0.15) is 0 Å². The molecule has 0 bridgehead atoms. The minimum Gasteiger partial charge on any atom is -0.399 e. The van der Waals surface area contributed by atoms with Gasteiger partial charge in [-0.2, -0.15) is 0 Å². The normalized spacial score (nSPS) is 16.6. The molecule has 2 N–H and O–H groups in total. The lowest BCUT2D eigenvalue weighted by Crippen LogP contribution is -2.38. The fourth-order valence-electron chi connectivity index (χ4n) is 2.57. The van der Waals surface area contributed by atoms with Crippen LogP contribution in [0.25, 0.3) is 0 Å². The summed E-state index contributed by atoms with van der Waals surface area (Å²) in [6.45, 7) is 0. The van der Waals surface area contributed by atoms with E-state index in [1.165, 1.54) is 19.3 Å². The SMILES string of the molecule is CN(C(=O)c1cc(N)cc(I)c1)C1CCCCC1. The zero-order chi connectivity index (χ0) is 13.1. The Bertz CT molecular complexity index is 421. The average molecular weight is 358 g/mol.